The molecule has 0 saturated heterocycles. The molecule has 0 aliphatic carbocycles. The number of hydrogen-bond donors (Lipinski definition) is 2. The summed E-state index contributed by atoms with van der Waals surface area (Å²) in [6.45, 7) is 6.67. The molecule has 0 bridgehead atoms. The summed E-state index contributed by atoms with van der Waals surface area (Å²) in [6, 6.07) is 5.83. The number of urea groups is 1. The maximum atomic E-state index is 11.6. The number of rotatable bonds is 4. The number of carbonyl (C=O) groups is 1. The molecule has 0 unspecified atom stereocenters. The predicted octanol–water partition coefficient (Wildman–Crippen LogP) is 3.48. The zero-order valence-electron chi connectivity index (χ0n) is 10.5. The topological polar surface area (TPSA) is 41.1 Å². The minimum absolute atomic E-state index is 0.207. The number of nitrogens with one attached hydrogen (secondary N) is 2. The summed E-state index contributed by atoms with van der Waals surface area (Å²) >= 11 is 5.52. The Morgan fingerprint density at radius 2 is 2.12 bits per heavy atom. The van der Waals surface area contributed by atoms with Gasteiger partial charge in [0.2, 0.25) is 0 Å². The highest BCUT2D eigenvalue weighted by Gasteiger charge is 2.11. The molecule has 0 fully saturated rings. The molecule has 0 aliphatic heterocycles. The molecule has 2 N–H and O–H groups in total. The van der Waals surface area contributed by atoms with Gasteiger partial charge >= 0.3 is 6.03 Å². The number of amides is 2. The largest absolute Gasteiger partial charge is 0.337 e. The van der Waals surface area contributed by atoms with Crippen molar-refractivity contribution in [2.45, 2.75) is 26.7 Å². The van der Waals surface area contributed by atoms with Crippen molar-refractivity contribution in [2.24, 2.45) is 0 Å². The van der Waals surface area contributed by atoms with E-state index >= 15 is 0 Å². The number of anilines is 1. The molecule has 0 spiro atoms. The third kappa shape index (κ3) is 3.93. The average molecular weight is 255 g/mol. The summed E-state index contributed by atoms with van der Waals surface area (Å²) in [5, 5.41) is 5.58. The number of carbonyl (C=O) groups excluding carboxylic acids is 1. The summed E-state index contributed by atoms with van der Waals surface area (Å²) in [5.74, 6) is 0.788. The smallest absolute Gasteiger partial charge is 0.319 e. The first-order chi connectivity index (χ1) is 8.06. The van der Waals surface area contributed by atoms with Crippen LogP contribution >= 0.6 is 11.6 Å². The quantitative estimate of drug-likeness (QED) is 0.794. The summed E-state index contributed by atoms with van der Waals surface area (Å²) in [6.07, 6.45) is 0. The molecule has 1 rings (SSSR count). The summed E-state index contributed by atoms with van der Waals surface area (Å²) < 4.78 is 0. The lowest BCUT2D eigenvalue weighted by Gasteiger charge is -2.16. The molecule has 1 aromatic carbocycles. The molecule has 0 saturated carbocycles. The van der Waals surface area contributed by atoms with Crippen LogP contribution in [0, 0.1) is 6.92 Å². The van der Waals surface area contributed by atoms with E-state index in [0.29, 0.717) is 18.3 Å². The lowest BCUT2D eigenvalue weighted by molar-refractivity contribution is 0.252. The van der Waals surface area contributed by atoms with Crippen molar-refractivity contribution >= 4 is 23.3 Å². The molecule has 0 radical (unpaired) electrons. The van der Waals surface area contributed by atoms with Gasteiger partial charge in [0.05, 0.1) is 0 Å². The predicted molar refractivity (Wildman–Crippen MR) is 73.0 cm³/mol. The molecule has 1 aromatic rings. The fourth-order valence-corrected chi connectivity index (χ4v) is 1.76. The van der Waals surface area contributed by atoms with Crippen LogP contribution in [0.25, 0.3) is 0 Å². The number of aryl methyl sites for hydroxylation is 1. The first-order valence-electron chi connectivity index (χ1n) is 5.76. The fraction of sp³-hybridized carbons (Fsp3) is 0.462. The van der Waals surface area contributed by atoms with Crippen molar-refractivity contribution in [2.75, 3.05) is 17.7 Å². The molecule has 0 heterocycles. The standard InChI is InChI=1S/C13H19ClN2O/c1-9(2)11-6-4-5-10(3)12(11)16-13(17)15-8-7-14/h4-6,9H,7-8H2,1-3H3,(H2,15,16,17). The Kier molecular flexibility index (Phi) is 5.29. The Bertz CT molecular complexity index is 391. The van der Waals surface area contributed by atoms with Gasteiger partial charge in [-0.3, -0.25) is 0 Å². The summed E-state index contributed by atoms with van der Waals surface area (Å²) in [4.78, 5) is 11.6. The van der Waals surface area contributed by atoms with E-state index in [-0.39, 0.29) is 6.03 Å². The summed E-state index contributed by atoms with van der Waals surface area (Å²) in [5.41, 5.74) is 3.11. The van der Waals surface area contributed by atoms with Crippen LogP contribution in [0.1, 0.15) is 30.9 Å². The Morgan fingerprint density at radius 1 is 1.41 bits per heavy atom. The molecule has 0 aromatic heterocycles. The van der Waals surface area contributed by atoms with Gasteiger partial charge in [0.15, 0.2) is 0 Å². The second-order valence-corrected chi connectivity index (χ2v) is 4.64. The van der Waals surface area contributed by atoms with E-state index in [1.165, 1.54) is 0 Å². The van der Waals surface area contributed by atoms with Crippen molar-refractivity contribution in [1.82, 2.24) is 5.32 Å². The van der Waals surface area contributed by atoms with E-state index < -0.39 is 0 Å². The van der Waals surface area contributed by atoms with E-state index in [9.17, 15) is 4.79 Å². The van der Waals surface area contributed by atoms with Gasteiger partial charge in [-0.05, 0) is 24.0 Å². The second-order valence-electron chi connectivity index (χ2n) is 4.26. The molecule has 3 nitrogen and oxygen atoms in total. The van der Waals surface area contributed by atoms with E-state index in [1.54, 1.807) is 0 Å². The van der Waals surface area contributed by atoms with Gasteiger partial charge in [0.25, 0.3) is 0 Å². The van der Waals surface area contributed by atoms with Crippen LogP contribution in [0.3, 0.4) is 0 Å². The number of hydrogen-bond acceptors (Lipinski definition) is 1. The van der Waals surface area contributed by atoms with Crippen LogP contribution in [0.2, 0.25) is 0 Å². The highest BCUT2D eigenvalue weighted by atomic mass is 35.5. The molecule has 4 heteroatoms. The van der Waals surface area contributed by atoms with Gasteiger partial charge < -0.3 is 10.6 Å². The van der Waals surface area contributed by atoms with Gasteiger partial charge in [0, 0.05) is 18.1 Å². The van der Waals surface area contributed by atoms with E-state index in [2.05, 4.69) is 24.5 Å². The van der Waals surface area contributed by atoms with Crippen molar-refractivity contribution in [3.05, 3.63) is 29.3 Å². The van der Waals surface area contributed by atoms with Gasteiger partial charge in [0.1, 0.15) is 0 Å². The second kappa shape index (κ2) is 6.50. The SMILES string of the molecule is Cc1cccc(C(C)C)c1NC(=O)NCCCl. The monoisotopic (exact) mass is 254 g/mol. The van der Waals surface area contributed by atoms with Crippen LogP contribution in [0.4, 0.5) is 10.5 Å². The summed E-state index contributed by atoms with van der Waals surface area (Å²) in [7, 11) is 0. The van der Waals surface area contributed by atoms with E-state index in [4.69, 9.17) is 11.6 Å². The average Bonchev–Trinajstić information content (AvgIpc) is 2.28. The number of alkyl halides is 1. The van der Waals surface area contributed by atoms with Gasteiger partial charge in [-0.2, -0.15) is 0 Å². The third-order valence-corrected chi connectivity index (χ3v) is 2.73. The first kappa shape index (κ1) is 13.8. The van der Waals surface area contributed by atoms with E-state index in [0.717, 1.165) is 16.8 Å². The van der Waals surface area contributed by atoms with Crippen molar-refractivity contribution in [1.29, 1.82) is 0 Å². The number of para-hydroxylation sites is 1. The molecule has 0 aliphatic rings. The minimum Gasteiger partial charge on any atom is -0.337 e. The van der Waals surface area contributed by atoms with Gasteiger partial charge in [-0.1, -0.05) is 32.0 Å². The molecule has 2 amide bonds. The Morgan fingerprint density at radius 3 is 2.71 bits per heavy atom. The Hall–Kier alpha value is -1.22. The zero-order chi connectivity index (χ0) is 12.8. The fourth-order valence-electron chi connectivity index (χ4n) is 1.66. The van der Waals surface area contributed by atoms with Crippen LogP contribution in [0.5, 0.6) is 0 Å². The Balaban J connectivity index is 2.85. The lowest BCUT2D eigenvalue weighted by Crippen LogP contribution is -2.30. The number of halogens is 1. The van der Waals surface area contributed by atoms with Crippen LogP contribution in [0.15, 0.2) is 18.2 Å². The minimum atomic E-state index is -0.207. The molecule has 17 heavy (non-hydrogen) atoms. The van der Waals surface area contributed by atoms with Crippen molar-refractivity contribution in [3.63, 3.8) is 0 Å². The van der Waals surface area contributed by atoms with Crippen LogP contribution in [-0.4, -0.2) is 18.5 Å². The maximum Gasteiger partial charge on any atom is 0.319 e. The zero-order valence-corrected chi connectivity index (χ0v) is 11.3. The van der Waals surface area contributed by atoms with Crippen LogP contribution in [-0.2, 0) is 0 Å². The molecule has 94 valence electrons. The van der Waals surface area contributed by atoms with Gasteiger partial charge in [-0.25, -0.2) is 4.79 Å². The van der Waals surface area contributed by atoms with Gasteiger partial charge in [-0.15, -0.1) is 11.6 Å². The molecular weight excluding hydrogens is 236 g/mol. The van der Waals surface area contributed by atoms with Crippen LogP contribution < -0.4 is 10.6 Å². The highest BCUT2D eigenvalue weighted by Crippen LogP contribution is 2.27. The molecule has 0 atom stereocenters. The highest BCUT2D eigenvalue weighted by molar-refractivity contribution is 6.18. The van der Waals surface area contributed by atoms with Crippen molar-refractivity contribution in [3.8, 4) is 0 Å². The number of benzene rings is 1. The Labute approximate surface area is 108 Å². The maximum absolute atomic E-state index is 11.6. The van der Waals surface area contributed by atoms with Crippen molar-refractivity contribution < 1.29 is 4.79 Å². The third-order valence-electron chi connectivity index (χ3n) is 2.55. The first-order valence-corrected chi connectivity index (χ1v) is 6.30. The lowest BCUT2D eigenvalue weighted by atomic mass is 9.98. The van der Waals surface area contributed by atoms with E-state index in [1.807, 2.05) is 25.1 Å². The normalized spacial score (nSPS) is 10.4. The molecular formula is C13H19ClN2O.